The van der Waals surface area contributed by atoms with Crippen LogP contribution in [0.3, 0.4) is 0 Å². The van der Waals surface area contributed by atoms with Crippen molar-refractivity contribution in [2.75, 3.05) is 20.7 Å². The SMILES string of the molecule is CCCCN1C(=O)CC(C(=O)N(C)Cc2c(Cl)nc3sccn23)C1c1ccc(OC)cc1. The van der Waals surface area contributed by atoms with Gasteiger partial charge in [-0.2, -0.15) is 0 Å². The Labute approximate surface area is 196 Å². The largest absolute Gasteiger partial charge is 0.497 e. The lowest BCUT2D eigenvalue weighted by molar-refractivity contribution is -0.135. The van der Waals surface area contributed by atoms with Crippen LogP contribution in [0.5, 0.6) is 5.75 Å². The Morgan fingerprint density at radius 1 is 1.34 bits per heavy atom. The van der Waals surface area contributed by atoms with Crippen LogP contribution in [-0.2, 0) is 16.1 Å². The molecule has 1 saturated heterocycles. The molecule has 0 spiro atoms. The molecular formula is C23H27ClN4O3S. The Hall–Kier alpha value is -2.58. The Morgan fingerprint density at radius 3 is 2.78 bits per heavy atom. The second kappa shape index (κ2) is 9.50. The second-order valence-corrected chi connectivity index (χ2v) is 9.30. The number of fused-ring (bicyclic) bond motifs is 1. The molecular weight excluding hydrogens is 448 g/mol. The number of unbranched alkanes of at least 4 members (excludes halogenated alkanes) is 1. The molecule has 2 unspecified atom stereocenters. The molecule has 7 nitrogen and oxygen atoms in total. The minimum Gasteiger partial charge on any atom is -0.497 e. The standard InChI is InChI=1S/C23H27ClN4O3S/c1-4-5-10-28-19(29)13-17(20(28)15-6-8-16(31-3)9-7-15)22(30)26(2)14-18-21(24)25-23-27(18)11-12-32-23/h6-9,11-12,17,20H,4-5,10,13-14H2,1-3H3. The number of imidazole rings is 1. The number of hydrogen-bond donors (Lipinski definition) is 0. The zero-order valence-electron chi connectivity index (χ0n) is 18.5. The summed E-state index contributed by atoms with van der Waals surface area (Å²) in [5.74, 6) is 0.240. The third-order valence-electron chi connectivity index (χ3n) is 6.03. The Kier molecular flexibility index (Phi) is 6.71. The van der Waals surface area contributed by atoms with E-state index in [0.29, 0.717) is 18.2 Å². The molecule has 1 aromatic carbocycles. The van der Waals surface area contributed by atoms with Gasteiger partial charge in [0.15, 0.2) is 10.1 Å². The van der Waals surface area contributed by atoms with E-state index in [4.69, 9.17) is 16.3 Å². The number of likely N-dealkylation sites (tertiary alicyclic amines) is 1. The van der Waals surface area contributed by atoms with Gasteiger partial charge in [0.1, 0.15) is 5.75 Å². The first kappa shape index (κ1) is 22.6. The predicted molar refractivity (Wildman–Crippen MR) is 125 cm³/mol. The smallest absolute Gasteiger partial charge is 0.228 e. The van der Waals surface area contributed by atoms with Crippen LogP contribution in [0.2, 0.25) is 5.15 Å². The summed E-state index contributed by atoms with van der Waals surface area (Å²) in [6.07, 6.45) is 3.99. The highest BCUT2D eigenvalue weighted by Crippen LogP contribution is 2.40. The highest BCUT2D eigenvalue weighted by atomic mass is 35.5. The summed E-state index contributed by atoms with van der Waals surface area (Å²) in [4.78, 5) is 35.2. The maximum atomic E-state index is 13.6. The van der Waals surface area contributed by atoms with Gasteiger partial charge in [-0.05, 0) is 24.1 Å². The second-order valence-electron chi connectivity index (χ2n) is 8.07. The van der Waals surface area contributed by atoms with Gasteiger partial charge in [-0.15, -0.1) is 11.3 Å². The average Bonchev–Trinajstić information content (AvgIpc) is 3.46. The van der Waals surface area contributed by atoms with E-state index < -0.39 is 5.92 Å². The number of nitrogens with zero attached hydrogens (tertiary/aromatic N) is 4. The van der Waals surface area contributed by atoms with Crippen LogP contribution < -0.4 is 4.74 Å². The average molecular weight is 475 g/mol. The van der Waals surface area contributed by atoms with Gasteiger partial charge < -0.3 is 14.5 Å². The summed E-state index contributed by atoms with van der Waals surface area (Å²) in [7, 11) is 3.38. The van der Waals surface area contributed by atoms with Crippen LogP contribution >= 0.6 is 22.9 Å². The Bertz CT molecular complexity index is 1110. The van der Waals surface area contributed by atoms with Crippen LogP contribution in [0.4, 0.5) is 0 Å². The van der Waals surface area contributed by atoms with Gasteiger partial charge in [0.2, 0.25) is 11.8 Å². The van der Waals surface area contributed by atoms with Crippen LogP contribution in [-0.4, -0.2) is 51.7 Å². The number of thiazole rings is 1. The van der Waals surface area contributed by atoms with E-state index >= 15 is 0 Å². The summed E-state index contributed by atoms with van der Waals surface area (Å²) >= 11 is 7.83. The van der Waals surface area contributed by atoms with Crippen LogP contribution in [0.25, 0.3) is 4.96 Å². The number of carbonyl (C=O) groups excluding carboxylic acids is 2. The van der Waals surface area contributed by atoms with Crippen LogP contribution in [0.15, 0.2) is 35.8 Å². The lowest BCUT2D eigenvalue weighted by Gasteiger charge is -2.30. The minimum atomic E-state index is -0.456. The number of halogens is 1. The van der Waals surface area contributed by atoms with Crippen molar-refractivity contribution in [2.24, 2.45) is 5.92 Å². The lowest BCUT2D eigenvalue weighted by Crippen LogP contribution is -2.37. The number of rotatable bonds is 8. The van der Waals surface area contributed by atoms with E-state index in [0.717, 1.165) is 34.8 Å². The normalized spacial score (nSPS) is 18.5. The van der Waals surface area contributed by atoms with E-state index in [-0.39, 0.29) is 24.3 Å². The third kappa shape index (κ3) is 4.21. The van der Waals surface area contributed by atoms with Crippen molar-refractivity contribution in [3.8, 4) is 5.75 Å². The number of amides is 2. The topological polar surface area (TPSA) is 67.2 Å². The van der Waals surface area contributed by atoms with E-state index in [1.807, 2.05) is 45.1 Å². The summed E-state index contributed by atoms with van der Waals surface area (Å²) in [6.45, 7) is 3.06. The zero-order valence-corrected chi connectivity index (χ0v) is 20.0. The molecule has 0 aliphatic carbocycles. The van der Waals surface area contributed by atoms with E-state index in [2.05, 4.69) is 11.9 Å². The zero-order chi connectivity index (χ0) is 22.8. The van der Waals surface area contributed by atoms with Crippen molar-refractivity contribution in [1.82, 2.24) is 19.2 Å². The van der Waals surface area contributed by atoms with Crippen LogP contribution in [0, 0.1) is 5.92 Å². The molecule has 2 aromatic heterocycles. The molecule has 3 aromatic rings. The summed E-state index contributed by atoms with van der Waals surface area (Å²) in [6, 6.07) is 7.35. The molecule has 3 heterocycles. The van der Waals surface area contributed by atoms with Crippen molar-refractivity contribution >= 4 is 39.7 Å². The van der Waals surface area contributed by atoms with Crippen molar-refractivity contribution in [1.29, 1.82) is 0 Å². The van der Waals surface area contributed by atoms with Gasteiger partial charge in [0.25, 0.3) is 0 Å². The van der Waals surface area contributed by atoms with Crippen molar-refractivity contribution in [3.63, 3.8) is 0 Å². The van der Waals surface area contributed by atoms with E-state index in [1.165, 1.54) is 11.3 Å². The molecule has 2 atom stereocenters. The summed E-state index contributed by atoms with van der Waals surface area (Å²) < 4.78 is 7.19. The van der Waals surface area contributed by atoms with Crippen molar-refractivity contribution < 1.29 is 14.3 Å². The lowest BCUT2D eigenvalue weighted by atomic mass is 9.92. The highest BCUT2D eigenvalue weighted by molar-refractivity contribution is 7.15. The van der Waals surface area contributed by atoms with Gasteiger partial charge in [-0.25, -0.2) is 4.98 Å². The fraction of sp³-hybridized carbons (Fsp3) is 0.435. The van der Waals surface area contributed by atoms with Gasteiger partial charge in [0, 0.05) is 31.6 Å². The molecule has 0 bridgehead atoms. The molecule has 9 heteroatoms. The number of carbonyl (C=O) groups is 2. The van der Waals surface area contributed by atoms with Gasteiger partial charge in [-0.3, -0.25) is 14.0 Å². The number of aromatic nitrogens is 2. The van der Waals surface area contributed by atoms with E-state index in [9.17, 15) is 9.59 Å². The monoisotopic (exact) mass is 474 g/mol. The summed E-state index contributed by atoms with van der Waals surface area (Å²) in [5.41, 5.74) is 1.72. The molecule has 170 valence electrons. The molecule has 1 aliphatic heterocycles. The first-order valence-corrected chi connectivity index (χ1v) is 12.0. The molecule has 32 heavy (non-hydrogen) atoms. The van der Waals surface area contributed by atoms with Crippen LogP contribution in [0.1, 0.15) is 43.5 Å². The number of hydrogen-bond acceptors (Lipinski definition) is 5. The fourth-order valence-corrected chi connectivity index (χ4v) is 5.36. The molecule has 0 radical (unpaired) electrons. The van der Waals surface area contributed by atoms with E-state index in [1.54, 1.807) is 19.1 Å². The quantitative estimate of drug-likeness (QED) is 0.485. The Balaban J connectivity index is 1.61. The minimum absolute atomic E-state index is 0.0219. The highest BCUT2D eigenvalue weighted by Gasteiger charge is 2.45. The molecule has 4 rings (SSSR count). The third-order valence-corrected chi connectivity index (χ3v) is 7.09. The van der Waals surface area contributed by atoms with Gasteiger partial charge >= 0.3 is 0 Å². The molecule has 1 aliphatic rings. The van der Waals surface area contributed by atoms with Crippen molar-refractivity contribution in [3.05, 3.63) is 52.3 Å². The molecule has 2 amide bonds. The maximum Gasteiger partial charge on any atom is 0.228 e. The van der Waals surface area contributed by atoms with Gasteiger partial charge in [-0.1, -0.05) is 37.1 Å². The fourth-order valence-electron chi connectivity index (χ4n) is 4.35. The predicted octanol–water partition coefficient (Wildman–Crippen LogP) is 4.41. The maximum absolute atomic E-state index is 13.6. The molecule has 0 saturated carbocycles. The number of benzene rings is 1. The number of methoxy groups -OCH3 is 1. The molecule has 1 fully saturated rings. The van der Waals surface area contributed by atoms with Crippen molar-refractivity contribution in [2.45, 2.75) is 38.8 Å². The Morgan fingerprint density at radius 2 is 2.09 bits per heavy atom. The summed E-state index contributed by atoms with van der Waals surface area (Å²) in [5, 5.41) is 2.33. The first-order chi connectivity index (χ1) is 15.4. The number of ether oxygens (including phenoxy) is 1. The molecule has 0 N–H and O–H groups in total. The first-order valence-electron chi connectivity index (χ1n) is 10.7. The van der Waals surface area contributed by atoms with Gasteiger partial charge in [0.05, 0.1) is 31.3 Å².